The molecule has 28 heavy (non-hydrogen) atoms. The molecule has 0 fully saturated rings. The second-order valence-corrected chi connectivity index (χ2v) is 7.36. The Labute approximate surface area is 161 Å². The van der Waals surface area contributed by atoms with Crippen LogP contribution in [0.3, 0.4) is 0 Å². The van der Waals surface area contributed by atoms with Gasteiger partial charge in [-0.15, -0.1) is 0 Å². The third-order valence-corrected chi connectivity index (χ3v) is 5.05. The molecule has 0 atom stereocenters. The molecule has 0 aliphatic heterocycles. The van der Waals surface area contributed by atoms with Gasteiger partial charge in [-0.2, -0.15) is 0 Å². The highest BCUT2D eigenvalue weighted by Gasteiger charge is 2.28. The van der Waals surface area contributed by atoms with Crippen molar-refractivity contribution < 1.29 is 32.2 Å². The molecule has 1 aromatic heterocycles. The van der Waals surface area contributed by atoms with Crippen LogP contribution in [0, 0.1) is 0 Å². The quantitative estimate of drug-likeness (QED) is 0.606. The summed E-state index contributed by atoms with van der Waals surface area (Å²) in [5.74, 6) is -1.71. The van der Waals surface area contributed by atoms with E-state index in [1.54, 1.807) is 42.5 Å². The average Bonchev–Trinajstić information content (AvgIpc) is 2.97. The van der Waals surface area contributed by atoms with Gasteiger partial charge >= 0.3 is 5.97 Å². The van der Waals surface area contributed by atoms with Gasteiger partial charge in [0.1, 0.15) is 5.75 Å². The molecule has 0 spiro atoms. The van der Waals surface area contributed by atoms with Crippen LogP contribution in [0.25, 0.3) is 11.3 Å². The molecule has 0 radical (unpaired) electrons. The molecular weight excluding hydrogens is 386 g/mol. The molecular formula is C19H17NO7S. The maximum absolute atomic E-state index is 12.6. The summed E-state index contributed by atoms with van der Waals surface area (Å²) >= 11 is 0. The summed E-state index contributed by atoms with van der Waals surface area (Å²) in [4.78, 5) is 11.4. The molecule has 3 aromatic rings. The van der Waals surface area contributed by atoms with Crippen molar-refractivity contribution in [1.82, 2.24) is 0 Å². The Hall–Kier alpha value is -3.46. The van der Waals surface area contributed by atoms with E-state index in [1.807, 2.05) is 0 Å². The fourth-order valence-corrected chi connectivity index (χ4v) is 3.47. The molecule has 0 amide bonds. The number of carbonyl (C=O) groups is 1. The van der Waals surface area contributed by atoms with Gasteiger partial charge in [0.05, 0.1) is 12.0 Å². The van der Waals surface area contributed by atoms with Crippen LogP contribution in [0.4, 0.5) is 5.88 Å². The first-order valence-corrected chi connectivity index (χ1v) is 9.56. The Kier molecular flexibility index (Phi) is 5.27. The Balaban J connectivity index is 2.08. The molecule has 2 aromatic carbocycles. The first-order chi connectivity index (χ1) is 13.3. The molecule has 9 heteroatoms. The van der Waals surface area contributed by atoms with Crippen LogP contribution >= 0.6 is 0 Å². The number of furan rings is 1. The highest BCUT2D eigenvalue weighted by atomic mass is 32.2. The predicted molar refractivity (Wildman–Crippen MR) is 101 cm³/mol. The molecule has 1 heterocycles. The summed E-state index contributed by atoms with van der Waals surface area (Å²) in [6.07, 6.45) is 0. The molecule has 8 nitrogen and oxygen atoms in total. The monoisotopic (exact) mass is 403 g/mol. The molecule has 146 valence electrons. The summed E-state index contributed by atoms with van der Waals surface area (Å²) < 4.78 is 43.0. The van der Waals surface area contributed by atoms with Gasteiger partial charge in [0.2, 0.25) is 11.5 Å². The number of anilines is 1. The van der Waals surface area contributed by atoms with E-state index in [-0.39, 0.29) is 10.7 Å². The number of aromatic hydroxyl groups is 1. The largest absolute Gasteiger partial charge is 0.502 e. The Morgan fingerprint density at radius 3 is 2.46 bits per heavy atom. The van der Waals surface area contributed by atoms with E-state index in [2.05, 4.69) is 4.72 Å². The lowest BCUT2D eigenvalue weighted by molar-refractivity contribution is -0.131. The molecule has 0 saturated heterocycles. The van der Waals surface area contributed by atoms with Gasteiger partial charge in [-0.1, -0.05) is 30.3 Å². The lowest BCUT2D eigenvalue weighted by atomic mass is 10.1. The van der Waals surface area contributed by atoms with Crippen LogP contribution in [0.2, 0.25) is 0 Å². The SMILES string of the molecule is COc1cccc(-c2oc(NS(=O)(=O)c3ccccc3)c(OC(C)=O)c2O)c1. The minimum Gasteiger partial charge on any atom is -0.502 e. The first kappa shape index (κ1) is 19.3. The minimum absolute atomic E-state index is 0.0254. The van der Waals surface area contributed by atoms with Crippen molar-refractivity contribution in [3.63, 3.8) is 0 Å². The summed E-state index contributed by atoms with van der Waals surface area (Å²) in [5.41, 5.74) is 0.399. The molecule has 0 saturated carbocycles. The zero-order chi connectivity index (χ0) is 20.3. The highest BCUT2D eigenvalue weighted by molar-refractivity contribution is 7.92. The number of esters is 1. The number of sulfonamides is 1. The Morgan fingerprint density at radius 2 is 1.82 bits per heavy atom. The van der Waals surface area contributed by atoms with E-state index in [0.29, 0.717) is 11.3 Å². The number of nitrogens with one attached hydrogen (secondary N) is 1. The summed E-state index contributed by atoms with van der Waals surface area (Å²) in [5, 5.41) is 10.5. The number of ether oxygens (including phenoxy) is 2. The summed E-state index contributed by atoms with van der Waals surface area (Å²) in [7, 11) is -2.56. The number of hydrogen-bond acceptors (Lipinski definition) is 7. The predicted octanol–water partition coefficient (Wildman–Crippen LogP) is 3.39. The van der Waals surface area contributed by atoms with Crippen molar-refractivity contribution in [2.45, 2.75) is 11.8 Å². The lowest BCUT2D eigenvalue weighted by Crippen LogP contribution is -2.13. The minimum atomic E-state index is -4.04. The standard InChI is InChI=1S/C19H17NO7S/c1-12(21)26-18-16(22)17(13-7-6-8-14(11-13)25-2)27-19(18)20-28(23,24)15-9-4-3-5-10-15/h3-11,20,22H,1-2H3. The fraction of sp³-hybridized carbons (Fsp3) is 0.105. The van der Waals surface area contributed by atoms with Crippen molar-refractivity contribution in [3.8, 4) is 28.6 Å². The van der Waals surface area contributed by atoms with Crippen molar-refractivity contribution in [2.24, 2.45) is 0 Å². The van der Waals surface area contributed by atoms with E-state index < -0.39 is 33.4 Å². The number of hydrogen-bond donors (Lipinski definition) is 2. The second-order valence-electron chi connectivity index (χ2n) is 5.68. The van der Waals surface area contributed by atoms with Crippen molar-refractivity contribution in [1.29, 1.82) is 0 Å². The van der Waals surface area contributed by atoms with Crippen molar-refractivity contribution >= 4 is 21.9 Å². The van der Waals surface area contributed by atoms with Crippen LogP contribution in [0.5, 0.6) is 17.2 Å². The molecule has 2 N–H and O–H groups in total. The van der Waals surface area contributed by atoms with Crippen LogP contribution < -0.4 is 14.2 Å². The van der Waals surface area contributed by atoms with Crippen molar-refractivity contribution in [3.05, 3.63) is 54.6 Å². The fourth-order valence-electron chi connectivity index (χ4n) is 2.45. The van der Waals surface area contributed by atoms with Gasteiger partial charge in [-0.3, -0.25) is 4.79 Å². The van der Waals surface area contributed by atoms with Crippen LogP contribution in [0.15, 0.2) is 63.9 Å². The van der Waals surface area contributed by atoms with E-state index in [0.717, 1.165) is 6.92 Å². The number of benzene rings is 2. The number of methoxy groups -OCH3 is 1. The molecule has 0 unspecified atom stereocenters. The van der Waals surface area contributed by atoms with Gasteiger partial charge in [0.25, 0.3) is 15.9 Å². The van der Waals surface area contributed by atoms with E-state index in [9.17, 15) is 18.3 Å². The van der Waals surface area contributed by atoms with Gasteiger partial charge in [0.15, 0.2) is 5.76 Å². The number of rotatable bonds is 6. The topological polar surface area (TPSA) is 115 Å². The third kappa shape index (κ3) is 3.94. The van der Waals surface area contributed by atoms with Crippen LogP contribution in [0.1, 0.15) is 6.92 Å². The summed E-state index contributed by atoms with van der Waals surface area (Å²) in [6, 6.07) is 14.1. The van der Waals surface area contributed by atoms with Gasteiger partial charge in [0, 0.05) is 12.5 Å². The molecule has 0 bridgehead atoms. The van der Waals surface area contributed by atoms with Gasteiger partial charge in [-0.05, 0) is 24.3 Å². The van der Waals surface area contributed by atoms with E-state index in [4.69, 9.17) is 13.9 Å². The Bertz CT molecular complexity index is 1100. The second kappa shape index (κ2) is 7.65. The van der Waals surface area contributed by atoms with Gasteiger partial charge < -0.3 is 19.0 Å². The first-order valence-electron chi connectivity index (χ1n) is 8.08. The normalized spacial score (nSPS) is 11.1. The Morgan fingerprint density at radius 1 is 1.11 bits per heavy atom. The van der Waals surface area contributed by atoms with Crippen LogP contribution in [-0.4, -0.2) is 26.6 Å². The molecule has 0 aliphatic carbocycles. The van der Waals surface area contributed by atoms with E-state index in [1.165, 1.54) is 19.2 Å². The molecule has 3 rings (SSSR count). The lowest BCUT2D eigenvalue weighted by Gasteiger charge is -2.07. The molecule has 0 aliphatic rings. The summed E-state index contributed by atoms with van der Waals surface area (Å²) in [6.45, 7) is 1.12. The highest BCUT2D eigenvalue weighted by Crippen LogP contribution is 2.47. The maximum atomic E-state index is 12.6. The maximum Gasteiger partial charge on any atom is 0.308 e. The zero-order valence-electron chi connectivity index (χ0n) is 15.0. The third-order valence-electron chi connectivity index (χ3n) is 3.70. The number of carbonyl (C=O) groups excluding carboxylic acids is 1. The van der Waals surface area contributed by atoms with Gasteiger partial charge in [-0.25, -0.2) is 13.1 Å². The van der Waals surface area contributed by atoms with Crippen LogP contribution in [-0.2, 0) is 14.8 Å². The smallest absolute Gasteiger partial charge is 0.308 e. The average molecular weight is 403 g/mol. The zero-order valence-corrected chi connectivity index (χ0v) is 15.8. The van der Waals surface area contributed by atoms with Crippen molar-refractivity contribution in [2.75, 3.05) is 11.8 Å². The van der Waals surface area contributed by atoms with E-state index >= 15 is 0 Å².